The van der Waals surface area contributed by atoms with Gasteiger partial charge in [0.05, 0.1) is 5.39 Å². The summed E-state index contributed by atoms with van der Waals surface area (Å²) in [6.45, 7) is 2.24. The quantitative estimate of drug-likeness (QED) is 0.644. The van der Waals surface area contributed by atoms with Crippen molar-refractivity contribution in [3.8, 4) is 5.75 Å². The number of aromatic nitrogens is 2. The molecule has 2 aromatic heterocycles. The van der Waals surface area contributed by atoms with Crippen LogP contribution in [-0.4, -0.2) is 21.0 Å². The highest BCUT2D eigenvalue weighted by atomic mass is 32.1. The standard InChI is InChI=1S/C20H21N3O3S/c1-11-5-6-14-15(9-11)27-20-18(14)19(26)22-16(23-20)7-8-17(25)21-12-3-2-4-13(24)10-12/h2-4,10-11,24H,5-9H2,1H3,(H,21,25)(H,22,23,26). The maximum Gasteiger partial charge on any atom is 0.259 e. The van der Waals surface area contributed by atoms with Crippen LogP contribution in [-0.2, 0) is 24.1 Å². The van der Waals surface area contributed by atoms with Crippen LogP contribution in [0.5, 0.6) is 5.75 Å². The maximum atomic E-state index is 12.6. The van der Waals surface area contributed by atoms with Crippen molar-refractivity contribution in [2.24, 2.45) is 5.92 Å². The highest BCUT2D eigenvalue weighted by Gasteiger charge is 2.23. The molecule has 1 aliphatic carbocycles. The molecule has 1 aliphatic rings. The summed E-state index contributed by atoms with van der Waals surface area (Å²) in [6, 6.07) is 6.40. The Balaban J connectivity index is 1.49. The van der Waals surface area contributed by atoms with Gasteiger partial charge in [0.25, 0.3) is 5.56 Å². The normalized spacial score (nSPS) is 16.3. The van der Waals surface area contributed by atoms with Crippen molar-refractivity contribution in [2.75, 3.05) is 5.32 Å². The molecule has 0 radical (unpaired) electrons. The van der Waals surface area contributed by atoms with Gasteiger partial charge in [-0.05, 0) is 42.9 Å². The molecule has 3 N–H and O–H groups in total. The van der Waals surface area contributed by atoms with Crippen molar-refractivity contribution >= 4 is 33.1 Å². The van der Waals surface area contributed by atoms with Crippen molar-refractivity contribution in [2.45, 2.75) is 39.0 Å². The zero-order chi connectivity index (χ0) is 19.0. The summed E-state index contributed by atoms with van der Waals surface area (Å²) in [5, 5.41) is 12.9. The summed E-state index contributed by atoms with van der Waals surface area (Å²) in [5.74, 6) is 1.08. The van der Waals surface area contributed by atoms with Crippen molar-refractivity contribution in [3.05, 3.63) is 50.9 Å². The summed E-state index contributed by atoms with van der Waals surface area (Å²) in [7, 11) is 0. The van der Waals surface area contributed by atoms with Gasteiger partial charge < -0.3 is 15.4 Å². The van der Waals surface area contributed by atoms with Crippen molar-refractivity contribution < 1.29 is 9.90 Å². The number of anilines is 1. The SMILES string of the molecule is CC1CCc2c(sc3nc(CCC(=O)Nc4cccc(O)c4)[nH]c(=O)c23)C1. The molecule has 6 nitrogen and oxygen atoms in total. The first-order chi connectivity index (χ1) is 13.0. The lowest BCUT2D eigenvalue weighted by Gasteiger charge is -2.17. The molecule has 0 saturated carbocycles. The number of nitrogens with one attached hydrogen (secondary N) is 2. The van der Waals surface area contributed by atoms with Crippen LogP contribution in [0, 0.1) is 5.92 Å². The highest BCUT2D eigenvalue weighted by Crippen LogP contribution is 2.35. The lowest BCUT2D eigenvalue weighted by molar-refractivity contribution is -0.116. The molecular weight excluding hydrogens is 362 g/mol. The van der Waals surface area contributed by atoms with Crippen LogP contribution in [0.3, 0.4) is 0 Å². The predicted octanol–water partition coefficient (Wildman–Crippen LogP) is 3.39. The van der Waals surface area contributed by atoms with E-state index in [1.165, 1.54) is 10.9 Å². The molecule has 0 saturated heterocycles. The number of phenolic OH excluding ortho intramolecular Hbond substituents is 1. The Kier molecular flexibility index (Phi) is 4.70. The van der Waals surface area contributed by atoms with Crippen LogP contribution in [0.25, 0.3) is 10.2 Å². The number of aromatic amines is 1. The van der Waals surface area contributed by atoms with Crippen LogP contribution in [0.4, 0.5) is 5.69 Å². The van der Waals surface area contributed by atoms with Gasteiger partial charge in [-0.1, -0.05) is 13.0 Å². The molecule has 140 valence electrons. The Bertz CT molecular complexity index is 1070. The number of carbonyl (C=O) groups excluding carboxylic acids is 1. The Labute approximate surface area is 160 Å². The fraction of sp³-hybridized carbons (Fsp3) is 0.350. The van der Waals surface area contributed by atoms with Gasteiger partial charge >= 0.3 is 0 Å². The Morgan fingerprint density at radius 3 is 3.11 bits per heavy atom. The van der Waals surface area contributed by atoms with E-state index in [4.69, 9.17) is 0 Å². The number of hydrogen-bond acceptors (Lipinski definition) is 5. The van der Waals surface area contributed by atoms with Gasteiger partial charge in [0.2, 0.25) is 5.91 Å². The number of aryl methyl sites for hydroxylation is 2. The molecule has 1 unspecified atom stereocenters. The van der Waals surface area contributed by atoms with Crippen LogP contribution in [0.15, 0.2) is 29.1 Å². The summed E-state index contributed by atoms with van der Waals surface area (Å²) >= 11 is 1.61. The van der Waals surface area contributed by atoms with Gasteiger partial charge in [-0.3, -0.25) is 9.59 Å². The molecule has 0 spiro atoms. The number of H-pyrrole nitrogens is 1. The molecule has 4 rings (SSSR count). The van der Waals surface area contributed by atoms with E-state index in [-0.39, 0.29) is 23.6 Å². The average Bonchev–Trinajstić information content (AvgIpc) is 2.97. The number of hydrogen-bond donors (Lipinski definition) is 3. The third-order valence-corrected chi connectivity index (χ3v) is 6.08. The van der Waals surface area contributed by atoms with E-state index in [9.17, 15) is 14.7 Å². The first-order valence-electron chi connectivity index (χ1n) is 9.12. The molecule has 7 heteroatoms. The Hall–Kier alpha value is -2.67. The molecular formula is C20H21N3O3S. The van der Waals surface area contributed by atoms with E-state index >= 15 is 0 Å². The second kappa shape index (κ2) is 7.15. The first-order valence-corrected chi connectivity index (χ1v) is 9.93. The number of benzene rings is 1. The van der Waals surface area contributed by atoms with E-state index in [0.29, 0.717) is 23.9 Å². The summed E-state index contributed by atoms with van der Waals surface area (Å²) < 4.78 is 0. The van der Waals surface area contributed by atoms with Crippen LogP contribution in [0.1, 0.15) is 36.0 Å². The number of rotatable bonds is 4. The Morgan fingerprint density at radius 1 is 1.44 bits per heavy atom. The van der Waals surface area contributed by atoms with Gasteiger partial charge in [0, 0.05) is 29.5 Å². The third kappa shape index (κ3) is 3.73. The lowest BCUT2D eigenvalue weighted by Crippen LogP contribution is -2.17. The monoisotopic (exact) mass is 383 g/mol. The summed E-state index contributed by atoms with van der Waals surface area (Å²) in [6.07, 6.45) is 3.61. The zero-order valence-corrected chi connectivity index (χ0v) is 15.9. The number of aromatic hydroxyl groups is 1. The first kappa shape index (κ1) is 17.7. The van der Waals surface area contributed by atoms with Gasteiger partial charge in [-0.2, -0.15) is 0 Å². The predicted molar refractivity (Wildman–Crippen MR) is 106 cm³/mol. The molecule has 0 bridgehead atoms. The minimum absolute atomic E-state index is 0.0974. The van der Waals surface area contributed by atoms with Crippen LogP contribution >= 0.6 is 11.3 Å². The maximum absolute atomic E-state index is 12.6. The fourth-order valence-corrected chi connectivity index (χ4v) is 4.95. The zero-order valence-electron chi connectivity index (χ0n) is 15.0. The molecule has 1 amide bonds. The number of amides is 1. The molecule has 0 aliphatic heterocycles. The van der Waals surface area contributed by atoms with E-state index in [2.05, 4.69) is 22.2 Å². The topological polar surface area (TPSA) is 95.1 Å². The number of carbonyl (C=O) groups is 1. The minimum Gasteiger partial charge on any atom is -0.508 e. The van der Waals surface area contributed by atoms with Crippen molar-refractivity contribution in [1.82, 2.24) is 9.97 Å². The van der Waals surface area contributed by atoms with E-state index in [0.717, 1.165) is 35.0 Å². The average molecular weight is 383 g/mol. The fourth-order valence-electron chi connectivity index (χ4n) is 3.55. The largest absolute Gasteiger partial charge is 0.508 e. The molecule has 3 aromatic rings. The Morgan fingerprint density at radius 2 is 2.30 bits per heavy atom. The summed E-state index contributed by atoms with van der Waals surface area (Å²) in [4.78, 5) is 34.2. The second-order valence-electron chi connectivity index (χ2n) is 7.14. The number of phenols is 1. The molecule has 27 heavy (non-hydrogen) atoms. The molecule has 1 atom stereocenters. The molecule has 0 fully saturated rings. The third-order valence-electron chi connectivity index (χ3n) is 4.93. The second-order valence-corrected chi connectivity index (χ2v) is 8.23. The van der Waals surface area contributed by atoms with Gasteiger partial charge in [0.15, 0.2) is 0 Å². The molecule has 1 aromatic carbocycles. The number of fused-ring (bicyclic) bond motifs is 3. The lowest BCUT2D eigenvalue weighted by atomic mass is 9.89. The number of nitrogens with zero attached hydrogens (tertiary/aromatic N) is 1. The number of thiophene rings is 1. The van der Waals surface area contributed by atoms with Crippen molar-refractivity contribution in [3.63, 3.8) is 0 Å². The van der Waals surface area contributed by atoms with Gasteiger partial charge in [-0.25, -0.2) is 4.98 Å². The van der Waals surface area contributed by atoms with Crippen molar-refractivity contribution in [1.29, 1.82) is 0 Å². The van der Waals surface area contributed by atoms with Gasteiger partial charge in [0.1, 0.15) is 16.4 Å². The highest BCUT2D eigenvalue weighted by molar-refractivity contribution is 7.18. The smallest absolute Gasteiger partial charge is 0.259 e. The van der Waals surface area contributed by atoms with E-state index < -0.39 is 0 Å². The van der Waals surface area contributed by atoms with E-state index in [1.807, 2.05) is 0 Å². The van der Waals surface area contributed by atoms with E-state index in [1.54, 1.807) is 29.5 Å². The van der Waals surface area contributed by atoms with Crippen LogP contribution in [0.2, 0.25) is 0 Å². The van der Waals surface area contributed by atoms with Crippen LogP contribution < -0.4 is 10.9 Å². The summed E-state index contributed by atoms with van der Waals surface area (Å²) in [5.41, 5.74) is 1.60. The molecule has 2 heterocycles. The minimum atomic E-state index is -0.192. The van der Waals surface area contributed by atoms with Gasteiger partial charge in [-0.15, -0.1) is 11.3 Å².